The second-order valence-electron chi connectivity index (χ2n) is 7.44. The Kier molecular flexibility index (Phi) is 8.73. The fourth-order valence-electron chi connectivity index (χ4n) is 3.05. The van der Waals surface area contributed by atoms with Crippen molar-refractivity contribution in [2.24, 2.45) is 0 Å². The lowest BCUT2D eigenvalue weighted by atomic mass is 10.1. The number of imide groups is 1. The van der Waals surface area contributed by atoms with Crippen LogP contribution in [0.25, 0.3) is 0 Å². The van der Waals surface area contributed by atoms with Crippen molar-refractivity contribution < 1.29 is 38.3 Å². The van der Waals surface area contributed by atoms with Gasteiger partial charge in [-0.2, -0.15) is 0 Å². The molecule has 0 aromatic heterocycles. The zero-order valence-corrected chi connectivity index (χ0v) is 18.3. The average molecular weight is 468 g/mol. The Labute approximate surface area is 195 Å². The molecule has 0 aliphatic carbocycles. The van der Waals surface area contributed by atoms with Crippen LogP contribution < -0.4 is 5.32 Å². The first-order valence-corrected chi connectivity index (χ1v) is 10.7. The SMILES string of the molecule is O=C(CCC(NC(=O)OCc1ccccc1)C(=O)OCc1ccccc1)ON1C(=O)CCC1=O. The highest BCUT2D eigenvalue weighted by atomic mass is 16.7. The third-order valence-corrected chi connectivity index (χ3v) is 4.85. The number of benzene rings is 2. The van der Waals surface area contributed by atoms with E-state index in [0.717, 1.165) is 11.1 Å². The largest absolute Gasteiger partial charge is 0.459 e. The van der Waals surface area contributed by atoms with Gasteiger partial charge in [0, 0.05) is 12.8 Å². The average Bonchev–Trinajstić information content (AvgIpc) is 3.17. The van der Waals surface area contributed by atoms with E-state index in [1.807, 2.05) is 12.1 Å². The van der Waals surface area contributed by atoms with Crippen molar-refractivity contribution in [3.05, 3.63) is 71.8 Å². The van der Waals surface area contributed by atoms with Crippen LogP contribution in [0.2, 0.25) is 0 Å². The minimum atomic E-state index is -1.22. The fourth-order valence-corrected chi connectivity index (χ4v) is 3.05. The highest BCUT2D eigenvalue weighted by Gasteiger charge is 2.33. The molecule has 1 atom stereocenters. The van der Waals surface area contributed by atoms with Gasteiger partial charge < -0.3 is 19.6 Å². The van der Waals surface area contributed by atoms with E-state index in [1.165, 1.54) is 0 Å². The minimum absolute atomic E-state index is 0.0142. The third-order valence-electron chi connectivity index (χ3n) is 4.85. The van der Waals surface area contributed by atoms with Gasteiger partial charge in [-0.25, -0.2) is 14.4 Å². The first-order chi connectivity index (χ1) is 16.4. The summed E-state index contributed by atoms with van der Waals surface area (Å²) in [7, 11) is 0. The number of esters is 1. The van der Waals surface area contributed by atoms with Crippen LogP contribution in [0.4, 0.5) is 4.79 Å². The summed E-state index contributed by atoms with van der Waals surface area (Å²) in [6.07, 6.45) is -1.49. The molecule has 0 spiro atoms. The normalized spacial score (nSPS) is 13.8. The molecule has 178 valence electrons. The Hall–Kier alpha value is -4.21. The molecule has 34 heavy (non-hydrogen) atoms. The molecule has 10 heteroatoms. The van der Waals surface area contributed by atoms with Crippen molar-refractivity contribution >= 4 is 29.8 Å². The molecule has 1 heterocycles. The molecule has 10 nitrogen and oxygen atoms in total. The molecule has 1 fully saturated rings. The standard InChI is InChI=1S/C24H24N2O8/c27-20-12-13-21(28)26(20)34-22(29)14-11-19(23(30)32-15-17-7-3-1-4-8-17)25-24(31)33-16-18-9-5-2-6-10-18/h1-10,19H,11-16H2,(H,25,31). The maximum absolute atomic E-state index is 12.6. The molecule has 1 saturated heterocycles. The monoisotopic (exact) mass is 468 g/mol. The summed E-state index contributed by atoms with van der Waals surface area (Å²) in [5.74, 6) is -2.90. The molecule has 3 rings (SSSR count). The number of carbonyl (C=O) groups excluding carboxylic acids is 5. The van der Waals surface area contributed by atoms with Crippen LogP contribution >= 0.6 is 0 Å². The van der Waals surface area contributed by atoms with E-state index in [-0.39, 0.29) is 38.9 Å². The van der Waals surface area contributed by atoms with E-state index in [9.17, 15) is 24.0 Å². The molecule has 1 aliphatic rings. The van der Waals surface area contributed by atoms with Gasteiger partial charge in [-0.05, 0) is 17.5 Å². The summed E-state index contributed by atoms with van der Waals surface area (Å²) < 4.78 is 10.4. The van der Waals surface area contributed by atoms with Gasteiger partial charge in [0.2, 0.25) is 0 Å². The predicted octanol–water partition coefficient (Wildman–Crippen LogP) is 2.41. The van der Waals surface area contributed by atoms with Crippen LogP contribution in [-0.2, 0) is 46.7 Å². The van der Waals surface area contributed by atoms with Crippen LogP contribution in [0.15, 0.2) is 60.7 Å². The predicted molar refractivity (Wildman–Crippen MR) is 116 cm³/mol. The van der Waals surface area contributed by atoms with Crippen LogP contribution in [-0.4, -0.2) is 41.0 Å². The van der Waals surface area contributed by atoms with Gasteiger partial charge in [0.15, 0.2) is 0 Å². The Morgan fingerprint density at radius 3 is 1.91 bits per heavy atom. The first-order valence-electron chi connectivity index (χ1n) is 10.7. The molecule has 2 aromatic rings. The topological polar surface area (TPSA) is 128 Å². The van der Waals surface area contributed by atoms with Crippen molar-refractivity contribution in [3.63, 3.8) is 0 Å². The van der Waals surface area contributed by atoms with Crippen molar-refractivity contribution in [3.8, 4) is 0 Å². The van der Waals surface area contributed by atoms with Gasteiger partial charge >= 0.3 is 18.0 Å². The van der Waals surface area contributed by atoms with Crippen LogP contribution in [0.1, 0.15) is 36.8 Å². The maximum atomic E-state index is 12.6. The number of hydrogen-bond acceptors (Lipinski definition) is 8. The number of alkyl carbamates (subject to hydrolysis) is 1. The lowest BCUT2D eigenvalue weighted by molar-refractivity contribution is -0.197. The highest BCUT2D eigenvalue weighted by molar-refractivity contribution is 6.01. The summed E-state index contributed by atoms with van der Waals surface area (Å²) in [4.78, 5) is 65.0. The van der Waals surface area contributed by atoms with Gasteiger partial charge in [0.25, 0.3) is 11.8 Å². The maximum Gasteiger partial charge on any atom is 0.408 e. The first kappa shape index (κ1) is 24.4. The smallest absolute Gasteiger partial charge is 0.408 e. The van der Waals surface area contributed by atoms with Crippen molar-refractivity contribution in [2.75, 3.05) is 0 Å². The fraction of sp³-hybridized carbons (Fsp3) is 0.292. The second-order valence-corrected chi connectivity index (χ2v) is 7.44. The summed E-state index contributed by atoms with van der Waals surface area (Å²) in [5.41, 5.74) is 1.50. The van der Waals surface area contributed by atoms with E-state index < -0.39 is 35.9 Å². The van der Waals surface area contributed by atoms with E-state index in [0.29, 0.717) is 5.06 Å². The number of nitrogens with zero attached hydrogens (tertiary/aromatic N) is 1. The number of hydroxylamine groups is 2. The Morgan fingerprint density at radius 2 is 1.35 bits per heavy atom. The van der Waals surface area contributed by atoms with Crippen molar-refractivity contribution in [1.82, 2.24) is 10.4 Å². The van der Waals surface area contributed by atoms with E-state index in [1.54, 1.807) is 48.5 Å². The third kappa shape index (κ3) is 7.44. The molecule has 0 saturated carbocycles. The molecule has 1 aliphatic heterocycles. The van der Waals surface area contributed by atoms with Gasteiger partial charge in [0.05, 0.1) is 6.42 Å². The van der Waals surface area contributed by atoms with E-state index in [4.69, 9.17) is 14.3 Å². The molecule has 2 aromatic carbocycles. The summed E-state index contributed by atoms with van der Waals surface area (Å²) in [5, 5.41) is 2.82. The lowest BCUT2D eigenvalue weighted by Crippen LogP contribution is -2.42. The molecular weight excluding hydrogens is 444 g/mol. The zero-order valence-electron chi connectivity index (χ0n) is 18.3. The summed E-state index contributed by atoms with van der Waals surface area (Å²) >= 11 is 0. The van der Waals surface area contributed by atoms with Gasteiger partial charge in [-0.15, -0.1) is 5.06 Å². The van der Waals surface area contributed by atoms with E-state index in [2.05, 4.69) is 5.32 Å². The summed E-state index contributed by atoms with van der Waals surface area (Å²) in [6, 6.07) is 16.7. The van der Waals surface area contributed by atoms with E-state index >= 15 is 0 Å². The Morgan fingerprint density at radius 1 is 0.824 bits per heavy atom. The molecule has 3 amide bonds. The number of hydrogen-bond donors (Lipinski definition) is 1. The number of rotatable bonds is 10. The van der Waals surface area contributed by atoms with Crippen LogP contribution in [0, 0.1) is 0 Å². The quantitative estimate of drug-likeness (QED) is 0.416. The Balaban J connectivity index is 1.56. The van der Waals surface area contributed by atoms with Crippen LogP contribution in [0.5, 0.6) is 0 Å². The molecule has 0 bridgehead atoms. The van der Waals surface area contributed by atoms with Crippen LogP contribution in [0.3, 0.4) is 0 Å². The molecule has 1 unspecified atom stereocenters. The van der Waals surface area contributed by atoms with Crippen molar-refractivity contribution in [2.45, 2.75) is 44.9 Å². The zero-order chi connectivity index (χ0) is 24.3. The molecule has 1 N–H and O–H groups in total. The number of carbonyl (C=O) groups is 5. The van der Waals surface area contributed by atoms with Crippen molar-refractivity contribution in [1.29, 1.82) is 0 Å². The minimum Gasteiger partial charge on any atom is -0.459 e. The number of ether oxygens (including phenoxy) is 2. The molecule has 0 radical (unpaired) electrons. The van der Waals surface area contributed by atoms with Gasteiger partial charge in [-0.3, -0.25) is 9.59 Å². The van der Waals surface area contributed by atoms with Gasteiger partial charge in [0.1, 0.15) is 19.3 Å². The number of amides is 3. The molecular formula is C24H24N2O8. The highest BCUT2D eigenvalue weighted by Crippen LogP contribution is 2.14. The number of nitrogens with one attached hydrogen (secondary N) is 1. The lowest BCUT2D eigenvalue weighted by Gasteiger charge is -2.18. The van der Waals surface area contributed by atoms with Gasteiger partial charge in [-0.1, -0.05) is 60.7 Å². The Bertz CT molecular complexity index is 1010. The second kappa shape index (κ2) is 12.1. The summed E-state index contributed by atoms with van der Waals surface area (Å²) in [6.45, 7) is -0.0438.